The number of carbonyl (C=O) groups excluding carboxylic acids is 1. The topological polar surface area (TPSA) is 67.2 Å². The first-order chi connectivity index (χ1) is 12.1. The van der Waals surface area contributed by atoms with Gasteiger partial charge in [0.1, 0.15) is 17.2 Å². The smallest absolute Gasteiger partial charge is 0.319 e. The maximum Gasteiger partial charge on any atom is 0.319 e. The number of amides is 2. The number of pyridine rings is 1. The van der Waals surface area contributed by atoms with Crippen LogP contribution in [0, 0.1) is 18.7 Å². The summed E-state index contributed by atoms with van der Waals surface area (Å²) in [5, 5.41) is 6.51. The lowest BCUT2D eigenvalue weighted by atomic mass is 10.0. The maximum atomic E-state index is 13.5. The second kappa shape index (κ2) is 6.20. The van der Waals surface area contributed by atoms with Crippen molar-refractivity contribution in [3.05, 3.63) is 59.9 Å². The van der Waals surface area contributed by atoms with Gasteiger partial charge in [0.05, 0.1) is 17.9 Å². The number of benzene rings is 1. The fourth-order valence-corrected chi connectivity index (χ4v) is 3.08. The van der Waals surface area contributed by atoms with Crippen molar-refractivity contribution >= 4 is 22.7 Å². The number of hydrogen-bond donors (Lipinski definition) is 2. The summed E-state index contributed by atoms with van der Waals surface area (Å²) >= 11 is 0. The van der Waals surface area contributed by atoms with Crippen molar-refractivity contribution in [1.82, 2.24) is 10.3 Å². The molecule has 1 aliphatic rings. The molecule has 6 heteroatoms. The molecule has 2 aromatic heterocycles. The quantitative estimate of drug-likeness (QED) is 0.733. The third kappa shape index (κ3) is 3.20. The predicted octanol–water partition coefficient (Wildman–Crippen LogP) is 4.55. The molecule has 25 heavy (non-hydrogen) atoms. The molecule has 1 fully saturated rings. The molecular formula is C19H18FN3O2. The lowest BCUT2D eigenvalue weighted by Crippen LogP contribution is -2.33. The number of nitrogens with zero attached hydrogens (tertiary/aromatic N) is 1. The molecule has 5 nitrogen and oxygen atoms in total. The Morgan fingerprint density at radius 3 is 2.92 bits per heavy atom. The maximum absolute atomic E-state index is 13.5. The highest BCUT2D eigenvalue weighted by Gasteiger charge is 2.37. The van der Waals surface area contributed by atoms with E-state index in [1.165, 1.54) is 12.1 Å². The minimum Gasteiger partial charge on any atom is -0.459 e. The van der Waals surface area contributed by atoms with E-state index in [1.807, 2.05) is 6.92 Å². The van der Waals surface area contributed by atoms with Crippen LogP contribution in [-0.2, 0) is 0 Å². The van der Waals surface area contributed by atoms with Crippen LogP contribution in [0.2, 0.25) is 0 Å². The van der Waals surface area contributed by atoms with E-state index in [2.05, 4.69) is 15.6 Å². The Balaban J connectivity index is 1.59. The molecule has 2 amide bonds. The SMILES string of the molecule is Cc1c([C@@H](NC(=O)Nc2cccnc2)C2CC2)oc2ccc(F)cc12. The van der Waals surface area contributed by atoms with Crippen molar-refractivity contribution in [1.29, 1.82) is 0 Å². The molecular weight excluding hydrogens is 321 g/mol. The molecule has 0 spiro atoms. The summed E-state index contributed by atoms with van der Waals surface area (Å²) in [6.07, 6.45) is 5.29. The van der Waals surface area contributed by atoms with E-state index in [4.69, 9.17) is 4.42 Å². The first-order valence-electron chi connectivity index (χ1n) is 8.28. The van der Waals surface area contributed by atoms with Crippen molar-refractivity contribution in [2.45, 2.75) is 25.8 Å². The van der Waals surface area contributed by atoms with Crippen molar-refractivity contribution in [3.8, 4) is 0 Å². The molecule has 1 aromatic carbocycles. The second-order valence-corrected chi connectivity index (χ2v) is 6.39. The normalized spacial score (nSPS) is 15.1. The largest absolute Gasteiger partial charge is 0.459 e. The Morgan fingerprint density at radius 2 is 2.20 bits per heavy atom. The van der Waals surface area contributed by atoms with Crippen molar-refractivity contribution in [2.75, 3.05) is 5.32 Å². The summed E-state index contributed by atoms with van der Waals surface area (Å²) in [5.74, 6) is 0.737. The highest BCUT2D eigenvalue weighted by molar-refractivity contribution is 5.89. The van der Waals surface area contributed by atoms with Crippen molar-refractivity contribution < 1.29 is 13.6 Å². The molecule has 128 valence electrons. The third-order valence-corrected chi connectivity index (χ3v) is 4.52. The van der Waals surface area contributed by atoms with Gasteiger partial charge in [0.25, 0.3) is 0 Å². The minimum absolute atomic E-state index is 0.230. The molecule has 2 heterocycles. The van der Waals surface area contributed by atoms with Gasteiger partial charge in [-0.1, -0.05) is 0 Å². The van der Waals surface area contributed by atoms with Crippen LogP contribution in [0.3, 0.4) is 0 Å². The zero-order valence-electron chi connectivity index (χ0n) is 13.8. The molecule has 0 bridgehead atoms. The molecule has 3 aromatic rings. The van der Waals surface area contributed by atoms with Crippen LogP contribution >= 0.6 is 0 Å². The van der Waals surface area contributed by atoms with Crippen LogP contribution in [-0.4, -0.2) is 11.0 Å². The summed E-state index contributed by atoms with van der Waals surface area (Å²) in [5.41, 5.74) is 2.13. The Kier molecular flexibility index (Phi) is 3.87. The Morgan fingerprint density at radius 1 is 1.36 bits per heavy atom. The fourth-order valence-electron chi connectivity index (χ4n) is 3.08. The van der Waals surface area contributed by atoms with Gasteiger partial charge in [-0.3, -0.25) is 4.98 Å². The standard InChI is InChI=1S/C19H18FN3O2/c1-11-15-9-13(20)6-7-16(15)25-18(11)17(12-4-5-12)23-19(24)22-14-3-2-8-21-10-14/h2-3,6-10,12,17H,4-5H2,1H3,(H2,22,23,24)/t17-/m0/s1. The number of carbonyl (C=O) groups is 1. The van der Waals surface area contributed by atoms with Gasteiger partial charge in [-0.05, 0) is 56.0 Å². The number of aryl methyl sites for hydroxylation is 1. The average molecular weight is 339 g/mol. The van der Waals surface area contributed by atoms with Crippen LogP contribution in [0.5, 0.6) is 0 Å². The van der Waals surface area contributed by atoms with E-state index < -0.39 is 0 Å². The molecule has 0 aliphatic heterocycles. The lowest BCUT2D eigenvalue weighted by molar-refractivity contribution is 0.244. The number of anilines is 1. The highest BCUT2D eigenvalue weighted by atomic mass is 19.1. The number of hydrogen-bond acceptors (Lipinski definition) is 3. The fraction of sp³-hybridized carbons (Fsp3) is 0.263. The number of aromatic nitrogens is 1. The molecule has 1 saturated carbocycles. The summed E-state index contributed by atoms with van der Waals surface area (Å²) in [6, 6.07) is 7.46. The highest BCUT2D eigenvalue weighted by Crippen LogP contribution is 2.44. The van der Waals surface area contributed by atoms with Crippen LogP contribution in [0.4, 0.5) is 14.9 Å². The number of rotatable bonds is 4. The Bertz CT molecular complexity index is 919. The molecule has 1 atom stereocenters. The first-order valence-corrected chi connectivity index (χ1v) is 8.28. The average Bonchev–Trinajstić information content (AvgIpc) is 3.39. The molecule has 4 rings (SSSR count). The molecule has 0 unspecified atom stereocenters. The number of furan rings is 1. The van der Waals surface area contributed by atoms with Crippen molar-refractivity contribution in [2.24, 2.45) is 5.92 Å². The second-order valence-electron chi connectivity index (χ2n) is 6.39. The van der Waals surface area contributed by atoms with E-state index in [-0.39, 0.29) is 17.9 Å². The zero-order chi connectivity index (χ0) is 17.4. The minimum atomic E-state index is -0.309. The van der Waals surface area contributed by atoms with Gasteiger partial charge in [0.15, 0.2) is 0 Å². The van der Waals surface area contributed by atoms with E-state index in [9.17, 15) is 9.18 Å². The molecule has 1 aliphatic carbocycles. The Labute approximate surface area is 144 Å². The zero-order valence-corrected chi connectivity index (χ0v) is 13.8. The number of halogens is 1. The van der Waals surface area contributed by atoms with E-state index in [0.29, 0.717) is 22.9 Å². The summed E-state index contributed by atoms with van der Waals surface area (Å²) in [4.78, 5) is 16.3. The summed E-state index contributed by atoms with van der Waals surface area (Å²) in [6.45, 7) is 1.90. The van der Waals surface area contributed by atoms with Crippen LogP contribution in [0.25, 0.3) is 11.0 Å². The van der Waals surface area contributed by atoms with Gasteiger partial charge in [-0.2, -0.15) is 0 Å². The Hall–Kier alpha value is -2.89. The van der Waals surface area contributed by atoms with Gasteiger partial charge in [-0.25, -0.2) is 9.18 Å². The monoisotopic (exact) mass is 339 g/mol. The summed E-state index contributed by atoms with van der Waals surface area (Å²) < 4.78 is 19.5. The molecule has 0 radical (unpaired) electrons. The first kappa shape index (κ1) is 15.6. The predicted molar refractivity (Wildman–Crippen MR) is 92.8 cm³/mol. The number of fused-ring (bicyclic) bond motifs is 1. The summed E-state index contributed by atoms with van der Waals surface area (Å²) in [7, 11) is 0. The van der Waals surface area contributed by atoms with Crippen LogP contribution in [0.15, 0.2) is 47.1 Å². The van der Waals surface area contributed by atoms with Gasteiger partial charge >= 0.3 is 6.03 Å². The van der Waals surface area contributed by atoms with Gasteiger partial charge in [-0.15, -0.1) is 0 Å². The van der Waals surface area contributed by atoms with Crippen LogP contribution < -0.4 is 10.6 Å². The number of urea groups is 1. The van der Waals surface area contributed by atoms with E-state index in [1.54, 1.807) is 30.6 Å². The van der Waals surface area contributed by atoms with Gasteiger partial charge in [0, 0.05) is 17.1 Å². The lowest BCUT2D eigenvalue weighted by Gasteiger charge is -2.17. The third-order valence-electron chi connectivity index (χ3n) is 4.52. The molecule has 0 saturated heterocycles. The van der Waals surface area contributed by atoms with Gasteiger partial charge in [0.2, 0.25) is 0 Å². The van der Waals surface area contributed by atoms with E-state index in [0.717, 1.165) is 23.8 Å². The van der Waals surface area contributed by atoms with Gasteiger partial charge < -0.3 is 15.1 Å². The van der Waals surface area contributed by atoms with E-state index >= 15 is 0 Å². The van der Waals surface area contributed by atoms with Crippen LogP contribution in [0.1, 0.15) is 30.2 Å². The molecule has 2 N–H and O–H groups in total. The number of nitrogens with one attached hydrogen (secondary N) is 2. The van der Waals surface area contributed by atoms with Crippen molar-refractivity contribution in [3.63, 3.8) is 0 Å².